The van der Waals surface area contributed by atoms with E-state index in [0.717, 1.165) is 78.0 Å². The van der Waals surface area contributed by atoms with Crippen LogP contribution < -0.4 is 0 Å². The van der Waals surface area contributed by atoms with Gasteiger partial charge in [-0.1, -0.05) is 135 Å². The van der Waals surface area contributed by atoms with Crippen LogP contribution in [0, 0.1) is 0 Å². The van der Waals surface area contributed by atoms with Crippen LogP contribution in [0.3, 0.4) is 0 Å². The number of phenolic OH excluding ortho intramolecular Hbond substituents is 1. The molecule has 0 atom stereocenters. The molecule has 55 heavy (non-hydrogen) atoms. The fourth-order valence-corrected chi connectivity index (χ4v) is 7.52. The van der Waals surface area contributed by atoms with E-state index in [0.29, 0.717) is 11.4 Å². The summed E-state index contributed by atoms with van der Waals surface area (Å²) in [5, 5.41) is 11.3. The van der Waals surface area contributed by atoms with Gasteiger partial charge in [0.15, 0.2) is 0 Å². The van der Waals surface area contributed by atoms with E-state index in [4.69, 9.17) is 9.97 Å². The van der Waals surface area contributed by atoms with Crippen molar-refractivity contribution in [3.63, 3.8) is 0 Å². The van der Waals surface area contributed by atoms with E-state index in [1.165, 1.54) is 0 Å². The molecule has 0 amide bonds. The molecule has 0 aliphatic carbocycles. The van der Waals surface area contributed by atoms with Gasteiger partial charge in [0.2, 0.25) is 0 Å². The summed E-state index contributed by atoms with van der Waals surface area (Å²) in [6.45, 7) is 3.85. The van der Waals surface area contributed by atoms with Crippen molar-refractivity contribution in [2.24, 2.45) is 0 Å². The zero-order valence-electron chi connectivity index (χ0n) is 31.7. The molecule has 0 saturated heterocycles. The van der Waals surface area contributed by atoms with Crippen LogP contribution in [-0.4, -0.2) is 19.6 Å². The van der Waals surface area contributed by atoms with E-state index in [1.54, 1.807) is 6.07 Å². The van der Waals surface area contributed by atoms with E-state index in [2.05, 4.69) is 126 Å². The van der Waals surface area contributed by atoms with Crippen molar-refractivity contribution in [1.29, 1.82) is 0 Å². The molecule has 0 aliphatic rings. The molecule has 4 nitrogen and oxygen atoms in total. The SMILES string of the molecule is [2H]C(C)(C)c1cc(-n2c(-c3ccccc3O)nc3c(-c4cc(-c5ccccc5)cc(-c5cc(-c6ccccc6)ccn5)c4)cccc32)ccc1-c1ccccc1. The van der Waals surface area contributed by atoms with Gasteiger partial charge in [0.25, 0.3) is 0 Å². The normalized spacial score (nSPS) is 11.8. The standard InChI is InChI=1S/C51H39N3O/c1-34(2)46-33-42(25-26-43(46)37-19-10-5-11-20-37)54-48-23-14-22-44(50(48)53-51(54)45-21-12-13-24-49(45)55)40-29-39(36-17-8-4-9-18-36)30-41(31-40)47-32-38(27-28-52-47)35-15-6-3-7-16-35/h3-34,55H,1-2H3/i34D. The number of rotatable bonds is 8. The van der Waals surface area contributed by atoms with E-state index >= 15 is 0 Å². The average Bonchev–Trinajstić information content (AvgIpc) is 3.64. The van der Waals surface area contributed by atoms with Gasteiger partial charge < -0.3 is 5.11 Å². The van der Waals surface area contributed by atoms with Crippen LogP contribution in [-0.2, 0) is 0 Å². The second-order valence-corrected chi connectivity index (χ2v) is 14.0. The summed E-state index contributed by atoms with van der Waals surface area (Å²) in [5.41, 5.74) is 14.4. The molecule has 0 radical (unpaired) electrons. The van der Waals surface area contributed by atoms with Crippen LogP contribution in [0.4, 0.5) is 0 Å². The largest absolute Gasteiger partial charge is 0.507 e. The lowest BCUT2D eigenvalue weighted by molar-refractivity contribution is 0.477. The molecule has 9 aromatic rings. The Hall–Kier alpha value is -7.04. The van der Waals surface area contributed by atoms with Gasteiger partial charge in [-0.05, 0) is 111 Å². The van der Waals surface area contributed by atoms with Gasteiger partial charge in [-0.3, -0.25) is 9.55 Å². The molecule has 7 aromatic carbocycles. The van der Waals surface area contributed by atoms with Crippen LogP contribution in [0.5, 0.6) is 5.75 Å². The molecule has 0 saturated carbocycles. The molecule has 9 rings (SSSR count). The van der Waals surface area contributed by atoms with Gasteiger partial charge in [-0.15, -0.1) is 0 Å². The summed E-state index contributed by atoms with van der Waals surface area (Å²) in [6.07, 6.45) is 1.88. The zero-order chi connectivity index (χ0) is 38.2. The lowest BCUT2D eigenvalue weighted by Gasteiger charge is -2.17. The summed E-state index contributed by atoms with van der Waals surface area (Å²) in [6, 6.07) is 61.8. The highest BCUT2D eigenvalue weighted by molar-refractivity contribution is 5.97. The smallest absolute Gasteiger partial charge is 0.149 e. The van der Waals surface area contributed by atoms with Crippen molar-refractivity contribution in [3.8, 4) is 78.6 Å². The Kier molecular flexibility index (Phi) is 8.54. The van der Waals surface area contributed by atoms with Gasteiger partial charge in [0, 0.05) is 24.4 Å². The van der Waals surface area contributed by atoms with Gasteiger partial charge in [-0.25, -0.2) is 4.98 Å². The molecule has 0 spiro atoms. The predicted octanol–water partition coefficient (Wildman–Crippen LogP) is 13.3. The Labute approximate surface area is 323 Å². The summed E-state index contributed by atoms with van der Waals surface area (Å²) < 4.78 is 11.3. The first kappa shape index (κ1) is 32.6. The first-order valence-corrected chi connectivity index (χ1v) is 18.5. The molecule has 2 heterocycles. The summed E-state index contributed by atoms with van der Waals surface area (Å²) in [5.74, 6) is -0.133. The number of aromatic nitrogens is 3. The minimum absolute atomic E-state index is 0.144. The molecule has 0 bridgehead atoms. The highest BCUT2D eigenvalue weighted by Crippen LogP contribution is 2.41. The van der Waals surface area contributed by atoms with Crippen LogP contribution in [0.1, 0.15) is 26.7 Å². The number of imidazole rings is 1. The molecular weight excluding hydrogens is 671 g/mol. The second-order valence-electron chi connectivity index (χ2n) is 14.0. The van der Waals surface area contributed by atoms with E-state index in [1.807, 2.05) is 74.6 Å². The van der Waals surface area contributed by atoms with E-state index in [-0.39, 0.29) is 5.75 Å². The maximum atomic E-state index is 11.3. The van der Waals surface area contributed by atoms with Gasteiger partial charge in [-0.2, -0.15) is 0 Å². The number of hydrogen-bond acceptors (Lipinski definition) is 3. The summed E-state index contributed by atoms with van der Waals surface area (Å²) in [7, 11) is 0. The van der Waals surface area contributed by atoms with Gasteiger partial charge >= 0.3 is 0 Å². The molecule has 1 N–H and O–H groups in total. The number of fused-ring (bicyclic) bond motifs is 1. The molecular formula is C51H39N3O. The fraction of sp³-hybridized carbons (Fsp3) is 0.0588. The lowest BCUT2D eigenvalue weighted by atomic mass is 9.92. The van der Waals surface area contributed by atoms with E-state index < -0.39 is 5.89 Å². The maximum absolute atomic E-state index is 11.3. The summed E-state index contributed by atoms with van der Waals surface area (Å²) in [4.78, 5) is 10.2. The zero-order valence-corrected chi connectivity index (χ0v) is 30.7. The number of benzene rings is 7. The Balaban J connectivity index is 1.28. The topological polar surface area (TPSA) is 50.9 Å². The van der Waals surface area contributed by atoms with Crippen molar-refractivity contribution in [2.45, 2.75) is 19.7 Å². The Morgan fingerprint density at radius 1 is 0.509 bits per heavy atom. The third-order valence-electron chi connectivity index (χ3n) is 10.2. The molecule has 4 heteroatoms. The van der Waals surface area contributed by atoms with Crippen molar-refractivity contribution >= 4 is 11.0 Å². The van der Waals surface area contributed by atoms with Crippen LogP contribution in [0.2, 0.25) is 0 Å². The average molecular weight is 711 g/mol. The fourth-order valence-electron chi connectivity index (χ4n) is 7.52. The predicted molar refractivity (Wildman–Crippen MR) is 227 cm³/mol. The van der Waals surface area contributed by atoms with Crippen molar-refractivity contribution in [3.05, 3.63) is 194 Å². The number of aromatic hydroxyl groups is 1. The number of para-hydroxylation sites is 2. The first-order chi connectivity index (χ1) is 27.3. The quantitative estimate of drug-likeness (QED) is 0.171. The van der Waals surface area contributed by atoms with Crippen LogP contribution >= 0.6 is 0 Å². The third-order valence-corrected chi connectivity index (χ3v) is 10.2. The molecule has 2 aromatic heterocycles. The van der Waals surface area contributed by atoms with Crippen LogP contribution in [0.25, 0.3) is 83.9 Å². The molecule has 0 unspecified atom stereocenters. The minimum atomic E-state index is -0.891. The second kappa shape index (κ2) is 14.4. The molecule has 264 valence electrons. The highest BCUT2D eigenvalue weighted by Gasteiger charge is 2.22. The Morgan fingerprint density at radius 3 is 1.84 bits per heavy atom. The third kappa shape index (κ3) is 6.49. The van der Waals surface area contributed by atoms with E-state index in [9.17, 15) is 6.48 Å². The van der Waals surface area contributed by atoms with Crippen molar-refractivity contribution in [2.75, 3.05) is 0 Å². The number of phenols is 1. The molecule has 0 aliphatic heterocycles. The van der Waals surface area contributed by atoms with Crippen molar-refractivity contribution < 1.29 is 6.48 Å². The minimum Gasteiger partial charge on any atom is -0.507 e. The summed E-state index contributed by atoms with van der Waals surface area (Å²) >= 11 is 0. The lowest BCUT2D eigenvalue weighted by Crippen LogP contribution is -2.01. The molecule has 0 fully saturated rings. The number of pyridine rings is 1. The van der Waals surface area contributed by atoms with Crippen molar-refractivity contribution in [1.82, 2.24) is 14.5 Å². The van der Waals surface area contributed by atoms with Crippen LogP contribution in [0.15, 0.2) is 188 Å². The Bertz CT molecular complexity index is 2840. The van der Waals surface area contributed by atoms with Gasteiger partial charge in [0.1, 0.15) is 11.6 Å². The van der Waals surface area contributed by atoms with Gasteiger partial charge in [0.05, 0.1) is 22.3 Å². The Morgan fingerprint density at radius 2 is 1.13 bits per heavy atom. The monoisotopic (exact) mass is 710 g/mol. The highest BCUT2D eigenvalue weighted by atomic mass is 16.3. The number of hydrogen-bond donors (Lipinski definition) is 1. The first-order valence-electron chi connectivity index (χ1n) is 19.0. The maximum Gasteiger partial charge on any atom is 0.149 e. The number of nitrogens with zero attached hydrogens (tertiary/aromatic N) is 3.